The van der Waals surface area contributed by atoms with E-state index in [1.807, 2.05) is 0 Å². The summed E-state index contributed by atoms with van der Waals surface area (Å²) in [6, 6.07) is 0. The van der Waals surface area contributed by atoms with Gasteiger partial charge in [-0.2, -0.15) is 0 Å². The molecule has 4 aromatic rings. The Morgan fingerprint density at radius 1 is 0.886 bits per heavy atom. The van der Waals surface area contributed by atoms with Gasteiger partial charge >= 0.3 is 18.5 Å². The number of thiazole rings is 1. The Morgan fingerprint density at radius 2 is 1.59 bits per heavy atom. The summed E-state index contributed by atoms with van der Waals surface area (Å²) < 4.78 is 64.0. The largest absolute Gasteiger partial charge is 0.387 e. The maximum atomic E-state index is 13.5. The molecular weight excluding hydrogens is 684 g/mol. The van der Waals surface area contributed by atoms with Crippen molar-refractivity contribution in [2.24, 2.45) is 0 Å². The molecule has 24 heteroatoms. The number of fused-ring (bicyclic) bond motifs is 5. The standard InChI is InChI=1S/C20H21N9O10P2S3/c21-15-11-17(25-4-23-15)28(6-27-11)19-13-12(30)9(37-19)3-35-40(32,42)38-7-1-10(36-8(7)2-34-41(33,43)39-13)29-18-14(44-20(29)31)16(22)24-5-26-18/h4-10,13,19H,1-3H2,(H,32,42)(H,33,43)(H2,21,23,25)(H2,22,24,26)/t7?,8-,9?,10-,13+,19-,40+,41+/m1/s1. The smallest absolute Gasteiger partial charge is 0.382 e. The summed E-state index contributed by atoms with van der Waals surface area (Å²) >= 11 is 8.98. The van der Waals surface area contributed by atoms with Crippen LogP contribution in [0, 0.1) is 0 Å². The molecule has 3 fully saturated rings. The number of hydrogen-bond acceptors (Lipinski definition) is 18. The van der Waals surface area contributed by atoms with Gasteiger partial charge in [-0.25, -0.2) is 34.0 Å². The average Bonchev–Trinajstić information content (AvgIpc) is 3.71. The molecule has 0 aliphatic carbocycles. The van der Waals surface area contributed by atoms with E-state index in [1.165, 1.54) is 28.1 Å². The monoisotopic (exact) mass is 705 g/mol. The zero-order valence-corrected chi connectivity index (χ0v) is 26.3. The fourth-order valence-electron chi connectivity index (χ4n) is 5.07. The summed E-state index contributed by atoms with van der Waals surface area (Å²) in [7, 11) is 0. The van der Waals surface area contributed by atoms with Crippen LogP contribution in [0.25, 0.3) is 21.5 Å². The Labute approximate surface area is 259 Å². The minimum absolute atomic E-state index is 0.0441. The quantitative estimate of drug-likeness (QED) is 0.170. The van der Waals surface area contributed by atoms with Gasteiger partial charge < -0.3 is 20.9 Å². The van der Waals surface area contributed by atoms with Crippen molar-refractivity contribution in [2.75, 3.05) is 24.7 Å². The Hall–Kier alpha value is -2.49. The molecule has 0 aromatic carbocycles. The van der Waals surface area contributed by atoms with Gasteiger partial charge in [-0.3, -0.25) is 36.8 Å². The van der Waals surface area contributed by atoms with Crippen LogP contribution in [0.15, 0.2) is 23.8 Å². The van der Waals surface area contributed by atoms with Gasteiger partial charge in [-0.1, -0.05) is 35.8 Å². The number of thiol groups is 2. The van der Waals surface area contributed by atoms with Crippen LogP contribution < -0.4 is 16.3 Å². The number of carbonyl (C=O) groups excluding carboxylic acids is 1. The first-order chi connectivity index (χ1) is 20.9. The predicted molar refractivity (Wildman–Crippen MR) is 158 cm³/mol. The van der Waals surface area contributed by atoms with Gasteiger partial charge in [0.25, 0.3) is 0 Å². The van der Waals surface area contributed by atoms with Gasteiger partial charge in [-0.05, 0) is 0 Å². The lowest BCUT2D eigenvalue weighted by molar-refractivity contribution is -0.127. The molecule has 0 radical (unpaired) electrons. The number of ether oxygens (including phenoxy) is 2. The molecule has 4 aromatic heterocycles. The Balaban J connectivity index is 1.20. The van der Waals surface area contributed by atoms with Gasteiger partial charge in [0, 0.05) is 6.42 Å². The topological polar surface area (TPSA) is 250 Å². The highest BCUT2D eigenvalue weighted by molar-refractivity contribution is 8.44. The molecule has 2 bridgehead atoms. The van der Waals surface area contributed by atoms with Crippen molar-refractivity contribution in [2.45, 2.75) is 43.3 Å². The average molecular weight is 706 g/mol. The van der Waals surface area contributed by atoms with Crippen LogP contribution in [0.5, 0.6) is 0 Å². The number of carbonyl (C=O) groups is 1. The van der Waals surface area contributed by atoms with Gasteiger partial charge in [0.15, 0.2) is 35.2 Å². The second kappa shape index (κ2) is 11.1. The van der Waals surface area contributed by atoms with E-state index < -0.39 is 74.3 Å². The highest BCUT2D eigenvalue weighted by Crippen LogP contribution is 2.59. The molecule has 3 aliphatic heterocycles. The van der Waals surface area contributed by atoms with Crippen LogP contribution in [-0.4, -0.2) is 77.5 Å². The third kappa shape index (κ3) is 5.36. The van der Waals surface area contributed by atoms with E-state index in [0.29, 0.717) is 4.70 Å². The number of ketones is 1. The highest BCUT2D eigenvalue weighted by Gasteiger charge is 2.51. The molecule has 0 saturated carbocycles. The molecule has 0 amide bonds. The van der Waals surface area contributed by atoms with E-state index in [2.05, 4.69) is 49.4 Å². The lowest BCUT2D eigenvalue weighted by Gasteiger charge is -2.25. The lowest BCUT2D eigenvalue weighted by atomic mass is 10.2. The predicted octanol–water partition coefficient (Wildman–Crippen LogP) is 1.50. The van der Waals surface area contributed by atoms with E-state index in [9.17, 15) is 18.7 Å². The van der Waals surface area contributed by atoms with Crippen LogP contribution in [0.4, 0.5) is 11.6 Å². The molecule has 4 N–H and O–H groups in total. The van der Waals surface area contributed by atoms with E-state index in [-0.39, 0.29) is 34.9 Å². The number of nitrogens with two attached hydrogens (primary N) is 2. The number of nitrogen functional groups attached to an aromatic ring is 2. The molecule has 19 nitrogen and oxygen atoms in total. The second-order valence-corrected chi connectivity index (χ2v) is 16.4. The normalized spacial score (nSPS) is 34.9. The Kier molecular flexibility index (Phi) is 7.61. The molecular formula is C20H21N9O10P2S3. The third-order valence-electron chi connectivity index (χ3n) is 7.02. The maximum absolute atomic E-state index is 13.5. The van der Waals surface area contributed by atoms with Crippen LogP contribution in [0.2, 0.25) is 0 Å². The molecule has 8 atom stereocenters. The second-order valence-electron chi connectivity index (χ2n) is 9.71. The summed E-state index contributed by atoms with van der Waals surface area (Å²) in [5.74, 6) is -0.528. The molecule has 3 aliphatic rings. The van der Waals surface area contributed by atoms with Crippen molar-refractivity contribution in [1.29, 1.82) is 0 Å². The molecule has 234 valence electrons. The van der Waals surface area contributed by atoms with E-state index >= 15 is 0 Å². The fourth-order valence-corrected chi connectivity index (χ4v) is 8.86. The molecule has 44 heavy (non-hydrogen) atoms. The minimum atomic E-state index is -4.33. The van der Waals surface area contributed by atoms with Gasteiger partial charge in [0.2, 0.25) is 0 Å². The van der Waals surface area contributed by atoms with Gasteiger partial charge in [-0.15, -0.1) is 0 Å². The van der Waals surface area contributed by atoms with Crippen molar-refractivity contribution in [1.82, 2.24) is 34.1 Å². The number of nitrogens with zero attached hydrogens (tertiary/aromatic N) is 7. The summed E-state index contributed by atoms with van der Waals surface area (Å²) in [6.45, 7) is -9.59. The van der Waals surface area contributed by atoms with Crippen LogP contribution >= 0.6 is 49.4 Å². The molecule has 3 saturated heterocycles. The summed E-state index contributed by atoms with van der Waals surface area (Å²) in [4.78, 5) is 46.1. The number of hydrogen-bond donors (Lipinski definition) is 4. The molecule has 7 heterocycles. The van der Waals surface area contributed by atoms with Crippen molar-refractivity contribution in [3.63, 3.8) is 0 Å². The minimum Gasteiger partial charge on any atom is -0.382 e. The summed E-state index contributed by atoms with van der Waals surface area (Å²) in [5.41, 5.74) is 12.4. The molecule has 7 rings (SSSR count). The first kappa shape index (κ1) is 30.2. The third-order valence-corrected chi connectivity index (χ3v) is 11.2. The van der Waals surface area contributed by atoms with Crippen molar-refractivity contribution < 1.29 is 41.5 Å². The Bertz CT molecular complexity index is 1960. The van der Waals surface area contributed by atoms with Crippen molar-refractivity contribution in [3.05, 3.63) is 28.6 Å². The van der Waals surface area contributed by atoms with Crippen LogP contribution in [0.1, 0.15) is 18.9 Å². The SMILES string of the molecule is Nc1ncnc2c1ncn2[C@@H]1OC2CO[P@](=O)(S)OC3C[C@H](n4c(=O)sc5c(N)ncnc54)O[C@@H]3CO[P@](=O)(S)O[C@H]1C2=O. The summed E-state index contributed by atoms with van der Waals surface area (Å²) in [6.07, 6.45) is -3.69. The number of rotatable bonds is 2. The first-order valence-corrected chi connectivity index (χ1v) is 18.8. The number of anilines is 2. The van der Waals surface area contributed by atoms with Crippen molar-refractivity contribution >= 4 is 88.4 Å². The van der Waals surface area contributed by atoms with Gasteiger partial charge in [0.1, 0.15) is 53.2 Å². The zero-order valence-electron chi connectivity index (χ0n) is 21.9. The lowest BCUT2D eigenvalue weighted by Crippen LogP contribution is -2.30. The number of Topliss-reactive ketones (excluding diaryl/α,β-unsaturated/α-hetero) is 1. The summed E-state index contributed by atoms with van der Waals surface area (Å²) in [5, 5.41) is 0. The molecule has 0 spiro atoms. The highest BCUT2D eigenvalue weighted by atomic mass is 32.7. The van der Waals surface area contributed by atoms with Crippen LogP contribution in [0.3, 0.4) is 0 Å². The van der Waals surface area contributed by atoms with E-state index in [4.69, 9.17) is 39.0 Å². The fraction of sp³-hybridized carbons (Fsp3) is 0.450. The maximum Gasteiger partial charge on any atom is 0.387 e. The number of aromatic nitrogens is 7. The van der Waals surface area contributed by atoms with E-state index in [1.54, 1.807) is 0 Å². The van der Waals surface area contributed by atoms with Gasteiger partial charge in [0.05, 0.1) is 19.5 Å². The number of imidazole rings is 1. The first-order valence-electron chi connectivity index (χ1n) is 12.6. The Morgan fingerprint density at radius 3 is 2.39 bits per heavy atom. The van der Waals surface area contributed by atoms with Crippen molar-refractivity contribution in [3.8, 4) is 0 Å². The molecule has 2 unspecified atom stereocenters. The van der Waals surface area contributed by atoms with E-state index in [0.717, 1.165) is 11.3 Å². The van der Waals surface area contributed by atoms with Crippen LogP contribution in [-0.2, 0) is 41.5 Å². The zero-order chi connectivity index (χ0) is 31.0.